The maximum absolute atomic E-state index is 14.5. The zero-order valence-corrected chi connectivity index (χ0v) is 26.8. The molecule has 0 saturated carbocycles. The second-order valence-corrected chi connectivity index (χ2v) is 17.4. The molecule has 3 unspecified atom stereocenters. The van der Waals surface area contributed by atoms with E-state index in [0.717, 1.165) is 62.5 Å². The highest BCUT2D eigenvalue weighted by Gasteiger charge is 2.40. The molecule has 4 nitrogen and oxygen atoms in total. The third kappa shape index (κ3) is 10.4. The highest BCUT2D eigenvalue weighted by Crippen LogP contribution is 2.64. The Balaban J connectivity index is 3.51. The van der Waals surface area contributed by atoms with Crippen LogP contribution in [0.1, 0.15) is 132 Å². The summed E-state index contributed by atoms with van der Waals surface area (Å²) in [5, 5.41) is 0.298. The van der Waals surface area contributed by atoms with Gasteiger partial charge >= 0.3 is 7.60 Å². The molecule has 0 aliphatic rings. The van der Waals surface area contributed by atoms with Gasteiger partial charge in [0.1, 0.15) is 0 Å². The molecule has 0 bridgehead atoms. The molecule has 0 amide bonds. The van der Waals surface area contributed by atoms with E-state index in [9.17, 15) is 14.0 Å². The molecule has 1 aromatic rings. The Bertz CT molecular complexity index is 873. The minimum absolute atomic E-state index is 0.0879. The molecule has 3 atom stereocenters. The predicted octanol–water partition coefficient (Wildman–Crippen LogP) is 9.82. The summed E-state index contributed by atoms with van der Waals surface area (Å²) in [5.74, 6) is 0.481. The van der Waals surface area contributed by atoms with Gasteiger partial charge in [-0.05, 0) is 52.7 Å². The van der Waals surface area contributed by atoms with Crippen LogP contribution in [0, 0.1) is 11.8 Å². The molecule has 0 spiro atoms. The molecule has 1 aromatic carbocycles. The summed E-state index contributed by atoms with van der Waals surface area (Å²) < 4.78 is 34.6. The van der Waals surface area contributed by atoms with E-state index in [4.69, 9.17) is 4.31 Å². The van der Waals surface area contributed by atoms with Gasteiger partial charge in [-0.15, -0.1) is 0 Å². The summed E-state index contributed by atoms with van der Waals surface area (Å²) in [6, 6.07) is 5.71. The van der Waals surface area contributed by atoms with Crippen LogP contribution >= 0.6 is 15.0 Å². The van der Waals surface area contributed by atoms with Crippen LogP contribution in [0.2, 0.25) is 0 Å². The average molecular weight is 543 g/mol. The number of unbranched alkanes of at least 4 members (excludes halogenated alkanes) is 2. The normalized spacial score (nSPS) is 17.9. The van der Waals surface area contributed by atoms with E-state index in [0.29, 0.717) is 17.6 Å². The molecule has 0 saturated heterocycles. The van der Waals surface area contributed by atoms with Gasteiger partial charge < -0.3 is 4.89 Å². The van der Waals surface area contributed by atoms with Gasteiger partial charge in [-0.3, -0.25) is 9.13 Å². The van der Waals surface area contributed by atoms with Crippen molar-refractivity contribution in [2.45, 2.75) is 131 Å². The second-order valence-electron chi connectivity index (χ2n) is 12.8. The van der Waals surface area contributed by atoms with Crippen molar-refractivity contribution >= 4 is 20.3 Å². The number of benzene rings is 1. The molecular formula is C30H56O4P2. The Morgan fingerprint density at radius 2 is 1.28 bits per heavy atom. The summed E-state index contributed by atoms with van der Waals surface area (Å²) in [4.78, 5) is 11.4. The molecule has 6 heteroatoms. The van der Waals surface area contributed by atoms with Crippen LogP contribution in [0.15, 0.2) is 18.2 Å². The minimum atomic E-state index is -4.32. The lowest BCUT2D eigenvalue weighted by atomic mass is 9.81. The van der Waals surface area contributed by atoms with Crippen LogP contribution in [-0.2, 0) is 24.3 Å². The lowest BCUT2D eigenvalue weighted by molar-refractivity contribution is 0.370. The van der Waals surface area contributed by atoms with Crippen molar-refractivity contribution < 1.29 is 18.3 Å². The Kier molecular flexibility index (Phi) is 13.2. The quantitative estimate of drug-likeness (QED) is 0.224. The lowest BCUT2D eigenvalue weighted by Crippen LogP contribution is -2.26. The van der Waals surface area contributed by atoms with Crippen LogP contribution in [0.25, 0.3) is 0 Å². The first-order valence-corrected chi connectivity index (χ1v) is 17.9. The third-order valence-corrected chi connectivity index (χ3v) is 12.6. The van der Waals surface area contributed by atoms with Crippen LogP contribution in [0.4, 0.5) is 0 Å². The van der Waals surface area contributed by atoms with Crippen molar-refractivity contribution in [3.63, 3.8) is 0 Å². The molecule has 0 heterocycles. The summed E-state index contributed by atoms with van der Waals surface area (Å²) in [6.45, 7) is 21.1. The monoisotopic (exact) mass is 542 g/mol. The molecule has 210 valence electrons. The van der Waals surface area contributed by atoms with E-state index in [1.807, 2.05) is 32.9 Å². The highest BCUT2D eigenvalue weighted by molar-refractivity contribution is 7.73. The third-order valence-electron chi connectivity index (χ3n) is 7.39. The summed E-state index contributed by atoms with van der Waals surface area (Å²) in [6.07, 6.45) is 8.88. The smallest absolute Gasteiger partial charge is 0.321 e. The zero-order chi connectivity index (χ0) is 27.8. The summed E-state index contributed by atoms with van der Waals surface area (Å²) in [7, 11) is -7.68. The highest BCUT2D eigenvalue weighted by atomic mass is 31.3. The number of hydrogen-bond acceptors (Lipinski definition) is 3. The van der Waals surface area contributed by atoms with Gasteiger partial charge in [-0.25, -0.2) is 4.31 Å². The van der Waals surface area contributed by atoms with Crippen LogP contribution in [0.3, 0.4) is 0 Å². The first-order valence-electron chi connectivity index (χ1n) is 14.3. The Hall–Kier alpha value is -0.400. The minimum Gasteiger partial charge on any atom is -0.321 e. The van der Waals surface area contributed by atoms with Gasteiger partial charge in [0.25, 0.3) is 0 Å². The summed E-state index contributed by atoms with van der Waals surface area (Å²) in [5.41, 5.74) is 1.46. The van der Waals surface area contributed by atoms with Gasteiger partial charge in [0.05, 0.1) is 5.30 Å². The van der Waals surface area contributed by atoms with Gasteiger partial charge in [-0.2, -0.15) is 0 Å². The largest absolute Gasteiger partial charge is 0.364 e. The topological polar surface area (TPSA) is 63.6 Å². The molecule has 0 radical (unpaired) electrons. The van der Waals surface area contributed by atoms with E-state index < -0.39 is 15.0 Å². The summed E-state index contributed by atoms with van der Waals surface area (Å²) >= 11 is 0. The lowest BCUT2D eigenvalue weighted by Gasteiger charge is -2.31. The fourth-order valence-corrected chi connectivity index (χ4v) is 10.9. The van der Waals surface area contributed by atoms with Crippen LogP contribution < -0.4 is 5.30 Å². The van der Waals surface area contributed by atoms with Crippen LogP contribution in [0.5, 0.6) is 0 Å². The maximum atomic E-state index is 14.5. The van der Waals surface area contributed by atoms with E-state index in [1.54, 1.807) is 6.07 Å². The van der Waals surface area contributed by atoms with E-state index >= 15 is 0 Å². The van der Waals surface area contributed by atoms with Crippen molar-refractivity contribution in [2.24, 2.45) is 11.8 Å². The first-order chi connectivity index (χ1) is 16.5. The van der Waals surface area contributed by atoms with Gasteiger partial charge in [0.15, 0.2) is 0 Å². The van der Waals surface area contributed by atoms with Gasteiger partial charge in [0.2, 0.25) is 7.37 Å². The second kappa shape index (κ2) is 14.1. The van der Waals surface area contributed by atoms with E-state index in [2.05, 4.69) is 48.5 Å². The molecule has 0 fully saturated rings. The van der Waals surface area contributed by atoms with Crippen molar-refractivity contribution in [1.29, 1.82) is 0 Å². The van der Waals surface area contributed by atoms with Crippen molar-refractivity contribution in [1.82, 2.24) is 0 Å². The fourth-order valence-electron chi connectivity index (χ4n) is 4.86. The van der Waals surface area contributed by atoms with Crippen molar-refractivity contribution in [2.75, 3.05) is 12.3 Å². The van der Waals surface area contributed by atoms with Crippen molar-refractivity contribution in [3.8, 4) is 0 Å². The molecule has 1 rings (SSSR count). The zero-order valence-electron chi connectivity index (χ0n) is 25.0. The molecule has 0 aromatic heterocycles. The number of hydrogen-bond donors (Lipinski definition) is 1. The standard InChI is InChI=1S/C30H56O4P2/c1-11-15-17-24(13-3)22-35(31,23-25(14-4)18-16-12-2)34-36(32,33)28-20-19-26(29(5,6)7)21-27(28)30(8,9)10/h19-21,24-25H,11-18,22-23H2,1-10H3,(H,32,33). The molecule has 0 aliphatic heterocycles. The molecule has 0 aliphatic carbocycles. The number of rotatable bonds is 15. The van der Waals surface area contributed by atoms with Crippen LogP contribution in [-0.4, -0.2) is 17.2 Å². The van der Waals surface area contributed by atoms with Gasteiger partial charge in [-0.1, -0.05) is 120 Å². The molecule has 1 N–H and O–H groups in total. The Morgan fingerprint density at radius 3 is 1.64 bits per heavy atom. The van der Waals surface area contributed by atoms with Crippen molar-refractivity contribution in [3.05, 3.63) is 29.3 Å². The maximum Gasteiger partial charge on any atom is 0.364 e. The molecular weight excluding hydrogens is 486 g/mol. The Labute approximate surface area is 223 Å². The predicted molar refractivity (Wildman–Crippen MR) is 158 cm³/mol. The molecule has 36 heavy (non-hydrogen) atoms. The SMILES string of the molecule is CCCCC(CC)CP(=O)(CC(CC)CCCC)OP(=O)(O)c1ccc(C(C)(C)C)cc1C(C)(C)C. The Morgan fingerprint density at radius 1 is 0.806 bits per heavy atom. The van der Waals surface area contributed by atoms with E-state index in [-0.39, 0.29) is 22.7 Å². The van der Waals surface area contributed by atoms with Gasteiger partial charge in [0, 0.05) is 12.3 Å². The fraction of sp³-hybridized carbons (Fsp3) is 0.800. The average Bonchev–Trinajstić information content (AvgIpc) is 2.77. The van der Waals surface area contributed by atoms with E-state index in [1.165, 1.54) is 0 Å². The first kappa shape index (κ1) is 33.6.